The minimum atomic E-state index is -5.03. The Labute approximate surface area is 742 Å². The second-order valence-corrected chi connectivity index (χ2v) is 33.2. The second kappa shape index (κ2) is 38.4. The van der Waals surface area contributed by atoms with E-state index in [0.29, 0.717) is 62.0 Å². The van der Waals surface area contributed by atoms with E-state index in [-0.39, 0.29) is 168 Å². The van der Waals surface area contributed by atoms with Crippen LogP contribution >= 0.6 is 0 Å². The number of rotatable bonds is 18. The Balaban J connectivity index is 0.000000178. The summed E-state index contributed by atoms with van der Waals surface area (Å²) in [6.45, 7) is 12.5. The number of imide groups is 4. The molecule has 6 fully saturated rings. The quantitative estimate of drug-likeness (QED) is 0.0343. The highest BCUT2D eigenvalue weighted by atomic mass is 19.4. The molecular formula is C90H90F10N18O13. The van der Waals surface area contributed by atoms with Crippen molar-refractivity contribution in [3.63, 3.8) is 0 Å². The number of piperazine rings is 3. The van der Waals surface area contributed by atoms with Gasteiger partial charge in [0.05, 0.1) is 73.8 Å². The van der Waals surface area contributed by atoms with Gasteiger partial charge < -0.3 is 45.6 Å². The van der Waals surface area contributed by atoms with Gasteiger partial charge in [0, 0.05) is 162 Å². The molecule has 0 aliphatic carbocycles. The number of fused-ring (bicyclic) bond motifs is 2. The summed E-state index contributed by atoms with van der Waals surface area (Å²) in [6.07, 6.45) is -0.950. The number of halogens is 10. The number of carboxylic acids is 1. The highest BCUT2D eigenvalue weighted by Gasteiger charge is 2.49. The van der Waals surface area contributed by atoms with Gasteiger partial charge in [-0.25, -0.2) is 37.5 Å². The molecule has 41 heteroatoms. The first-order valence-electron chi connectivity index (χ1n) is 42.2. The maximum atomic E-state index is 16.1. The molecule has 688 valence electrons. The van der Waals surface area contributed by atoms with Crippen LogP contribution in [-0.4, -0.2) is 243 Å². The largest absolute Gasteiger partial charge is 0.481 e. The number of nitrogens with zero attached hydrogens (tertiary/aromatic N) is 13. The fraction of sp³-hybridized carbons (Fsp3) is 0.378. The molecule has 2 aromatic heterocycles. The average molecular weight is 1820 g/mol. The van der Waals surface area contributed by atoms with Crippen LogP contribution < -0.4 is 46.2 Å². The number of piperidine rings is 3. The summed E-state index contributed by atoms with van der Waals surface area (Å²) in [5, 5.41) is 21.2. The number of alkyl halides is 6. The van der Waals surface area contributed by atoms with Gasteiger partial charge >= 0.3 is 18.3 Å². The van der Waals surface area contributed by atoms with Crippen LogP contribution in [0.2, 0.25) is 0 Å². The van der Waals surface area contributed by atoms with Crippen molar-refractivity contribution in [3.05, 3.63) is 195 Å². The molecule has 2 unspecified atom stereocenters. The van der Waals surface area contributed by atoms with Crippen LogP contribution in [0.3, 0.4) is 0 Å². The van der Waals surface area contributed by atoms with Crippen LogP contribution in [0, 0.1) is 23.3 Å². The molecule has 131 heavy (non-hydrogen) atoms. The SMILES string of the molecule is C[C@@H]1CN(c2cc(F)c(-c3cnc(N4CCCCC4)nc3)cc2NC(=O)c2ccc(F)cc2C(F)(F)F)C[C@H](C)N1C.C[C@@H]1CN(c2cc(F)c(-c3cnc(N4CCN(C(=O)CNc5cccc6c5C(=O)N(C5CCC(=O)NC5=O)C6=O)CC4)nc3)cc2NC(=O)c2ccc(F)cc2C(F)(F)F)C[C@H](C)N1C.O=C(O)CCc1cccc2c1C(=O)N(C1CCC(=O)NC1=O)C2=O. The van der Waals surface area contributed by atoms with Gasteiger partial charge in [0.2, 0.25) is 41.4 Å². The number of carbonyl (C=O) groups excluding carboxylic acids is 11. The standard InChI is InChI=1S/C44H43F5N10O6.C30H33F5N6O.C16H14N2O6/c1-23-21-58(22-24(2)55(23)3)35-17-31(46)29(16-33(35)53-39(62)27-8-7-26(45)15-30(27)44(47,48)49)25-18-51-43(52-19-25)57-13-11-56(12-14-57)37(61)20-50-32-6-4-5-28-38(32)42(65)59(41(28)64)34-9-10-36(60)54-40(34)63;1-18-16-41(17-19(2)39(18)3)27-13-25(32)23(20-14-36-29(37-15-20)40-9-5-4-6-10-40)12-26(27)38-28(42)22-8-7-21(31)11-24(22)30(33,34)35;19-11-6-5-10(14(22)17-11)18-15(23)9-3-1-2-8(4-7-12(20)21)13(9)16(18)24/h4-8,15-19,23-24,34,50H,9-14,20-22H2,1-3H3,(H,53,62)(H,54,60,63);7-8,11-15,18-19H,4-6,9-10,16-17H2,1-3H3,(H,38,42);1-3,10H,4-7H2,(H,20,21)(H,17,19,22)/t23-,24+,34?;18-,19+;. The predicted octanol–water partition coefficient (Wildman–Crippen LogP) is 10.7. The molecular weight excluding hydrogens is 1730 g/mol. The van der Waals surface area contributed by atoms with Crippen LogP contribution in [0.15, 0.2) is 122 Å². The van der Waals surface area contributed by atoms with E-state index in [1.54, 1.807) is 29.2 Å². The third-order valence-electron chi connectivity index (χ3n) is 24.6. The normalized spacial score (nSPS) is 20.3. The van der Waals surface area contributed by atoms with E-state index < -0.39 is 135 Å². The van der Waals surface area contributed by atoms with Crippen molar-refractivity contribution in [3.8, 4) is 22.3 Å². The summed E-state index contributed by atoms with van der Waals surface area (Å²) in [5.74, 6) is -11.2. The third kappa shape index (κ3) is 20.1. The molecule has 0 saturated carbocycles. The molecule has 0 radical (unpaired) electrons. The van der Waals surface area contributed by atoms with Crippen molar-refractivity contribution in [1.29, 1.82) is 0 Å². The summed E-state index contributed by atoms with van der Waals surface area (Å²) >= 11 is 0. The topological polar surface area (TPSA) is 366 Å². The summed E-state index contributed by atoms with van der Waals surface area (Å²) in [5.41, 5.74) is -1.96. The number of hydrogen-bond acceptors (Lipinski definition) is 23. The molecule has 6 atom stereocenters. The Morgan fingerprint density at radius 3 is 1.31 bits per heavy atom. The molecule has 0 spiro atoms. The summed E-state index contributed by atoms with van der Waals surface area (Å²) in [7, 11) is 3.93. The van der Waals surface area contributed by atoms with E-state index in [1.165, 1.54) is 61.2 Å². The molecule has 8 aliphatic rings. The minimum Gasteiger partial charge on any atom is -0.481 e. The summed E-state index contributed by atoms with van der Waals surface area (Å²) in [6, 6.07) is 16.1. The molecule has 31 nitrogen and oxygen atoms in total. The number of hydrogen-bond donors (Lipinski definition) is 6. The number of benzene rings is 6. The number of aromatic nitrogens is 4. The van der Waals surface area contributed by atoms with Gasteiger partial charge in [0.1, 0.15) is 35.4 Å². The molecule has 6 saturated heterocycles. The van der Waals surface area contributed by atoms with Gasteiger partial charge in [-0.05, 0) is 165 Å². The smallest absolute Gasteiger partial charge is 0.417 e. The van der Waals surface area contributed by atoms with Crippen LogP contribution in [-0.2, 0) is 47.5 Å². The maximum absolute atomic E-state index is 16.1. The van der Waals surface area contributed by atoms with Crippen molar-refractivity contribution >= 4 is 111 Å². The fourth-order valence-electron chi connectivity index (χ4n) is 17.2. The number of aliphatic carboxylic acids is 1. The fourth-order valence-corrected chi connectivity index (χ4v) is 17.2. The molecule has 11 amide bonds. The van der Waals surface area contributed by atoms with Gasteiger partial charge in [-0.15, -0.1) is 0 Å². The Morgan fingerprint density at radius 2 is 0.885 bits per heavy atom. The van der Waals surface area contributed by atoms with E-state index in [0.717, 1.165) is 66.4 Å². The van der Waals surface area contributed by atoms with Crippen molar-refractivity contribution in [2.75, 3.05) is 122 Å². The van der Waals surface area contributed by atoms with E-state index in [4.69, 9.17) is 5.11 Å². The van der Waals surface area contributed by atoms with Gasteiger partial charge in [0.15, 0.2) is 0 Å². The van der Waals surface area contributed by atoms with Crippen molar-refractivity contribution < 1.29 is 107 Å². The van der Waals surface area contributed by atoms with Crippen LogP contribution in [0.4, 0.5) is 84.2 Å². The number of amides is 11. The van der Waals surface area contributed by atoms with Gasteiger partial charge in [-0.1, -0.05) is 18.2 Å². The predicted molar refractivity (Wildman–Crippen MR) is 457 cm³/mol. The van der Waals surface area contributed by atoms with E-state index in [2.05, 4.69) is 61.2 Å². The molecule has 0 bridgehead atoms. The number of carbonyl (C=O) groups is 12. The number of aryl methyl sites for hydroxylation is 1. The van der Waals surface area contributed by atoms with Gasteiger partial charge in [0.25, 0.3) is 35.4 Å². The number of carboxylic acid groups (broad SMARTS) is 1. The first kappa shape index (κ1) is 93.3. The average Bonchev–Trinajstić information content (AvgIpc) is 1.63. The lowest BCUT2D eigenvalue weighted by molar-refractivity contribution is -0.138. The monoisotopic (exact) mass is 1820 g/mol. The van der Waals surface area contributed by atoms with Crippen LogP contribution in [0.1, 0.15) is 158 Å². The minimum absolute atomic E-state index is 0.00395. The van der Waals surface area contributed by atoms with Gasteiger partial charge in [-0.2, -0.15) is 26.3 Å². The first-order valence-corrected chi connectivity index (χ1v) is 42.2. The molecule has 6 N–H and O–H groups in total. The molecule has 16 rings (SSSR count). The second-order valence-electron chi connectivity index (χ2n) is 33.2. The molecule has 8 aromatic rings. The Hall–Kier alpha value is -13.9. The zero-order valence-electron chi connectivity index (χ0n) is 71.6. The highest BCUT2D eigenvalue weighted by Crippen LogP contribution is 2.43. The molecule has 8 aliphatic heterocycles. The number of likely N-dealkylation sites (N-methyl/N-ethyl adjacent to an activating group) is 2. The van der Waals surface area contributed by atoms with E-state index >= 15 is 8.78 Å². The first-order chi connectivity index (χ1) is 62.2. The Bertz CT molecular complexity index is 5850. The maximum Gasteiger partial charge on any atom is 0.417 e. The lowest BCUT2D eigenvalue weighted by atomic mass is 9.99. The number of nitrogens with one attached hydrogen (secondary N) is 5. The van der Waals surface area contributed by atoms with Crippen molar-refractivity contribution in [1.82, 2.24) is 55.1 Å². The molecule has 6 aromatic carbocycles. The van der Waals surface area contributed by atoms with Crippen molar-refractivity contribution in [2.45, 2.75) is 134 Å². The van der Waals surface area contributed by atoms with E-state index in [1.807, 2.05) is 56.5 Å². The zero-order chi connectivity index (χ0) is 94.1. The molecule has 10 heterocycles. The summed E-state index contributed by atoms with van der Waals surface area (Å²) in [4.78, 5) is 183. The Kier molecular flexibility index (Phi) is 27.4. The number of anilines is 7. The van der Waals surface area contributed by atoms with Crippen LogP contribution in [0.5, 0.6) is 0 Å². The lowest BCUT2D eigenvalue weighted by Gasteiger charge is -2.44. The third-order valence-corrected chi connectivity index (χ3v) is 24.6. The Morgan fingerprint density at radius 1 is 0.473 bits per heavy atom. The van der Waals surface area contributed by atoms with Crippen LogP contribution in [0.25, 0.3) is 22.3 Å². The lowest BCUT2D eigenvalue weighted by Crippen LogP contribution is -2.55. The van der Waals surface area contributed by atoms with E-state index in [9.17, 15) is 92.7 Å². The summed E-state index contributed by atoms with van der Waals surface area (Å²) < 4.78 is 142. The highest BCUT2D eigenvalue weighted by molar-refractivity contribution is 6.26. The van der Waals surface area contributed by atoms with Gasteiger partial charge in [-0.3, -0.25) is 87.8 Å². The van der Waals surface area contributed by atoms with Crippen molar-refractivity contribution in [2.24, 2.45) is 0 Å². The zero-order valence-corrected chi connectivity index (χ0v) is 71.6.